The zero-order valence-electron chi connectivity index (χ0n) is 9.58. The van der Waals surface area contributed by atoms with Crippen molar-refractivity contribution in [2.75, 3.05) is 0 Å². The Morgan fingerprint density at radius 2 is 2.31 bits per heavy atom. The van der Waals surface area contributed by atoms with Crippen molar-refractivity contribution in [3.05, 3.63) is 24.3 Å². The number of rotatable bonds is 3. The number of unbranched alkanes of at least 4 members (excludes halogenated alkanes) is 1. The van der Waals surface area contributed by atoms with Crippen LogP contribution in [-0.4, -0.2) is 11.8 Å². The van der Waals surface area contributed by atoms with Gasteiger partial charge in [-0.2, -0.15) is 0 Å². The van der Waals surface area contributed by atoms with Crippen molar-refractivity contribution in [2.24, 2.45) is 11.3 Å². The van der Waals surface area contributed by atoms with Gasteiger partial charge in [-0.25, -0.2) is 0 Å². The predicted molar refractivity (Wildman–Crippen MR) is 61.5 cm³/mol. The minimum atomic E-state index is -0.651. The van der Waals surface area contributed by atoms with Gasteiger partial charge >= 0.3 is 0 Å². The number of nitrogens with one attached hydrogen (secondary N) is 1. The summed E-state index contributed by atoms with van der Waals surface area (Å²) in [6, 6.07) is 0. The van der Waals surface area contributed by atoms with E-state index in [1.54, 1.807) is 0 Å². The lowest BCUT2D eigenvalue weighted by Crippen LogP contribution is -2.37. The zero-order valence-corrected chi connectivity index (χ0v) is 9.58. The molecule has 0 radical (unpaired) electrons. The third-order valence-corrected chi connectivity index (χ3v) is 3.74. The quantitative estimate of drug-likeness (QED) is 0.737. The summed E-state index contributed by atoms with van der Waals surface area (Å²) in [5.74, 6) is -0.513. The molecule has 1 aliphatic heterocycles. The van der Waals surface area contributed by atoms with Crippen LogP contribution in [-0.2, 0) is 9.59 Å². The van der Waals surface area contributed by atoms with Crippen molar-refractivity contribution in [2.45, 2.75) is 32.6 Å². The van der Waals surface area contributed by atoms with Crippen LogP contribution in [0.3, 0.4) is 0 Å². The Bertz CT molecular complexity index is 383. The van der Waals surface area contributed by atoms with E-state index in [4.69, 9.17) is 0 Å². The molecule has 1 saturated heterocycles. The molecule has 2 unspecified atom stereocenters. The first-order chi connectivity index (χ1) is 7.63. The zero-order chi connectivity index (χ0) is 11.8. The summed E-state index contributed by atoms with van der Waals surface area (Å²) in [7, 11) is 0. The molecule has 1 aliphatic carbocycles. The van der Waals surface area contributed by atoms with Gasteiger partial charge < -0.3 is 0 Å². The van der Waals surface area contributed by atoms with Crippen LogP contribution in [0.25, 0.3) is 0 Å². The third-order valence-electron chi connectivity index (χ3n) is 3.74. The number of amides is 2. The second-order valence-corrected chi connectivity index (χ2v) is 4.61. The van der Waals surface area contributed by atoms with Crippen LogP contribution in [0.5, 0.6) is 0 Å². The maximum Gasteiger partial charge on any atom is 0.238 e. The van der Waals surface area contributed by atoms with Gasteiger partial charge in [0.2, 0.25) is 11.8 Å². The van der Waals surface area contributed by atoms with E-state index in [-0.39, 0.29) is 17.7 Å². The highest BCUT2D eigenvalue weighted by Crippen LogP contribution is 2.48. The Morgan fingerprint density at radius 3 is 3.00 bits per heavy atom. The number of hydrogen-bond acceptors (Lipinski definition) is 2. The van der Waals surface area contributed by atoms with E-state index >= 15 is 0 Å². The van der Waals surface area contributed by atoms with E-state index in [0.717, 1.165) is 24.8 Å². The van der Waals surface area contributed by atoms with Crippen molar-refractivity contribution < 1.29 is 9.59 Å². The van der Waals surface area contributed by atoms with Crippen molar-refractivity contribution >= 4 is 11.8 Å². The molecule has 0 bridgehead atoms. The second kappa shape index (κ2) is 3.89. The van der Waals surface area contributed by atoms with Crippen LogP contribution in [0, 0.1) is 11.3 Å². The fourth-order valence-electron chi connectivity index (χ4n) is 2.77. The molecule has 2 atom stereocenters. The lowest BCUT2D eigenvalue weighted by molar-refractivity contribution is -0.127. The maximum absolute atomic E-state index is 12.0. The van der Waals surface area contributed by atoms with Crippen LogP contribution >= 0.6 is 0 Å². The van der Waals surface area contributed by atoms with Crippen LogP contribution in [0.1, 0.15) is 32.6 Å². The molecule has 1 heterocycles. The van der Waals surface area contributed by atoms with Gasteiger partial charge in [0.15, 0.2) is 0 Å². The van der Waals surface area contributed by atoms with E-state index in [2.05, 4.69) is 18.8 Å². The summed E-state index contributed by atoms with van der Waals surface area (Å²) in [5, 5.41) is 2.46. The molecule has 0 saturated carbocycles. The molecule has 2 aliphatic rings. The van der Waals surface area contributed by atoms with Crippen LogP contribution in [0.2, 0.25) is 0 Å². The van der Waals surface area contributed by atoms with Crippen LogP contribution < -0.4 is 5.32 Å². The van der Waals surface area contributed by atoms with Crippen LogP contribution in [0.15, 0.2) is 24.3 Å². The Morgan fingerprint density at radius 1 is 1.56 bits per heavy atom. The SMILES string of the molecule is C=C1C=CCC2C(=O)NC(=O)C12CCCC. The van der Waals surface area contributed by atoms with E-state index in [1.807, 2.05) is 12.2 Å². The summed E-state index contributed by atoms with van der Waals surface area (Å²) in [5.41, 5.74) is 0.141. The average Bonchev–Trinajstić information content (AvgIpc) is 2.51. The number of hydrogen-bond donors (Lipinski definition) is 1. The lowest BCUT2D eigenvalue weighted by atomic mass is 9.65. The molecule has 0 aromatic carbocycles. The molecule has 86 valence electrons. The first-order valence-corrected chi connectivity index (χ1v) is 5.84. The predicted octanol–water partition coefficient (Wildman–Crippen LogP) is 1.95. The Labute approximate surface area is 95.6 Å². The number of imide groups is 1. The molecule has 16 heavy (non-hydrogen) atoms. The monoisotopic (exact) mass is 219 g/mol. The van der Waals surface area contributed by atoms with Gasteiger partial charge in [-0.05, 0) is 18.4 Å². The fraction of sp³-hybridized carbons (Fsp3) is 0.538. The van der Waals surface area contributed by atoms with Crippen molar-refractivity contribution in [1.82, 2.24) is 5.32 Å². The van der Waals surface area contributed by atoms with Crippen molar-refractivity contribution in [1.29, 1.82) is 0 Å². The first-order valence-electron chi connectivity index (χ1n) is 5.84. The van der Waals surface area contributed by atoms with E-state index in [9.17, 15) is 9.59 Å². The van der Waals surface area contributed by atoms with E-state index < -0.39 is 5.41 Å². The third kappa shape index (κ3) is 1.34. The number of allylic oxidation sites excluding steroid dienone is 2. The Hall–Kier alpha value is -1.38. The molecular formula is C13H17NO2. The highest BCUT2D eigenvalue weighted by molar-refractivity contribution is 6.09. The van der Waals surface area contributed by atoms with Gasteiger partial charge in [-0.1, -0.05) is 38.5 Å². The molecule has 3 heteroatoms. The van der Waals surface area contributed by atoms with E-state index in [1.165, 1.54) is 0 Å². The summed E-state index contributed by atoms with van der Waals surface area (Å²) in [6.07, 6.45) is 7.19. The van der Waals surface area contributed by atoms with Gasteiger partial charge in [0, 0.05) is 0 Å². The van der Waals surface area contributed by atoms with Crippen LogP contribution in [0.4, 0.5) is 0 Å². The summed E-state index contributed by atoms with van der Waals surface area (Å²) >= 11 is 0. The molecule has 2 amide bonds. The summed E-state index contributed by atoms with van der Waals surface area (Å²) in [6.45, 7) is 6.05. The second-order valence-electron chi connectivity index (χ2n) is 4.61. The summed E-state index contributed by atoms with van der Waals surface area (Å²) < 4.78 is 0. The minimum absolute atomic E-state index is 0.133. The lowest BCUT2D eigenvalue weighted by Gasteiger charge is -2.34. The van der Waals surface area contributed by atoms with Gasteiger partial charge in [0.25, 0.3) is 0 Å². The average molecular weight is 219 g/mol. The molecule has 0 aromatic rings. The Kier molecular flexibility index (Phi) is 2.70. The molecule has 2 rings (SSSR count). The largest absolute Gasteiger partial charge is 0.295 e. The smallest absolute Gasteiger partial charge is 0.238 e. The standard InChI is InChI=1S/C13H17NO2/c1-3-4-8-13-9(2)6-5-7-10(13)11(15)14-12(13)16/h5-6,10H,2-4,7-8H2,1H3,(H,14,15,16). The molecule has 0 spiro atoms. The highest BCUT2D eigenvalue weighted by Gasteiger charge is 2.56. The van der Waals surface area contributed by atoms with Gasteiger partial charge in [0.05, 0.1) is 11.3 Å². The Balaban J connectivity index is 2.39. The van der Waals surface area contributed by atoms with Gasteiger partial charge in [-0.15, -0.1) is 0 Å². The van der Waals surface area contributed by atoms with Crippen molar-refractivity contribution in [3.8, 4) is 0 Å². The van der Waals surface area contributed by atoms with E-state index in [0.29, 0.717) is 6.42 Å². The molecule has 1 N–H and O–H groups in total. The molecule has 1 fully saturated rings. The molecule has 0 aromatic heterocycles. The molecule has 3 nitrogen and oxygen atoms in total. The van der Waals surface area contributed by atoms with Gasteiger partial charge in [-0.3, -0.25) is 14.9 Å². The highest BCUT2D eigenvalue weighted by atomic mass is 16.2. The number of carbonyl (C=O) groups excluding carboxylic acids is 2. The minimum Gasteiger partial charge on any atom is -0.295 e. The summed E-state index contributed by atoms with van der Waals surface area (Å²) in [4.78, 5) is 23.8. The normalized spacial score (nSPS) is 32.8. The number of carbonyl (C=O) groups is 2. The van der Waals surface area contributed by atoms with Gasteiger partial charge in [0.1, 0.15) is 0 Å². The number of fused-ring (bicyclic) bond motifs is 1. The molecular weight excluding hydrogens is 202 g/mol. The maximum atomic E-state index is 12.0. The van der Waals surface area contributed by atoms with Crippen molar-refractivity contribution in [3.63, 3.8) is 0 Å². The topological polar surface area (TPSA) is 46.2 Å². The fourth-order valence-corrected chi connectivity index (χ4v) is 2.77. The first kappa shape index (κ1) is 11.1.